The van der Waals surface area contributed by atoms with E-state index in [0.29, 0.717) is 6.04 Å². The van der Waals surface area contributed by atoms with Crippen LogP contribution >= 0.6 is 0 Å². The van der Waals surface area contributed by atoms with Crippen molar-refractivity contribution in [1.29, 1.82) is 0 Å². The van der Waals surface area contributed by atoms with Crippen LogP contribution in [0.3, 0.4) is 0 Å². The van der Waals surface area contributed by atoms with Crippen LogP contribution in [0.5, 0.6) is 0 Å². The quantitative estimate of drug-likeness (QED) is 0.890. The third-order valence-corrected chi connectivity index (χ3v) is 5.16. The third kappa shape index (κ3) is 4.01. The second-order valence-corrected chi connectivity index (χ2v) is 6.99. The Kier molecular flexibility index (Phi) is 5.13. The number of rotatable bonds is 6. The molecule has 2 aromatic rings. The Morgan fingerprint density at radius 3 is 2.61 bits per heavy atom. The van der Waals surface area contributed by atoms with Crippen LogP contribution in [0.15, 0.2) is 49.1 Å². The van der Waals surface area contributed by atoms with Crippen LogP contribution in [0.25, 0.3) is 0 Å². The van der Waals surface area contributed by atoms with Gasteiger partial charge in [0.05, 0.1) is 6.33 Å². The predicted octanol–water partition coefficient (Wildman–Crippen LogP) is 2.52. The standard InChI is InChI=1S/C19H28N4/c1-17(14-23-13-10-20-16-23)21-15-19(8-11-22(2)12-9-19)18-6-4-3-5-7-18/h3-7,10,13,16-17,21H,8-9,11-12,14-15H2,1-2H3/t17-/m1/s1. The number of hydrogen-bond donors (Lipinski definition) is 1. The first kappa shape index (κ1) is 16.2. The highest BCUT2D eigenvalue weighted by Gasteiger charge is 2.35. The fourth-order valence-electron chi connectivity index (χ4n) is 3.55. The molecule has 3 rings (SSSR count). The Morgan fingerprint density at radius 2 is 1.96 bits per heavy atom. The number of hydrogen-bond acceptors (Lipinski definition) is 3. The van der Waals surface area contributed by atoms with E-state index in [9.17, 15) is 0 Å². The highest BCUT2D eigenvalue weighted by Crippen LogP contribution is 2.34. The van der Waals surface area contributed by atoms with Gasteiger partial charge in [0.15, 0.2) is 0 Å². The second-order valence-electron chi connectivity index (χ2n) is 6.99. The molecule has 0 radical (unpaired) electrons. The molecule has 2 heterocycles. The largest absolute Gasteiger partial charge is 0.336 e. The van der Waals surface area contributed by atoms with Crippen LogP contribution in [-0.4, -0.2) is 47.2 Å². The fourth-order valence-corrected chi connectivity index (χ4v) is 3.55. The number of likely N-dealkylation sites (tertiary alicyclic amines) is 1. The minimum absolute atomic E-state index is 0.261. The zero-order valence-electron chi connectivity index (χ0n) is 14.3. The van der Waals surface area contributed by atoms with E-state index in [1.54, 1.807) is 0 Å². The van der Waals surface area contributed by atoms with Gasteiger partial charge in [-0.1, -0.05) is 30.3 Å². The Balaban J connectivity index is 1.67. The van der Waals surface area contributed by atoms with Gasteiger partial charge in [-0.3, -0.25) is 0 Å². The maximum atomic E-state index is 4.12. The Labute approximate surface area is 139 Å². The summed E-state index contributed by atoms with van der Waals surface area (Å²) in [7, 11) is 2.23. The van der Waals surface area contributed by atoms with Crippen molar-refractivity contribution >= 4 is 0 Å². The number of nitrogens with one attached hydrogen (secondary N) is 1. The molecule has 1 saturated heterocycles. The fraction of sp³-hybridized carbons (Fsp3) is 0.526. The van der Waals surface area contributed by atoms with Crippen LogP contribution in [0, 0.1) is 0 Å². The van der Waals surface area contributed by atoms with Crippen molar-refractivity contribution in [2.45, 2.75) is 37.8 Å². The Morgan fingerprint density at radius 1 is 1.22 bits per heavy atom. The lowest BCUT2D eigenvalue weighted by molar-refractivity contribution is 0.179. The van der Waals surface area contributed by atoms with Crippen molar-refractivity contribution in [1.82, 2.24) is 19.8 Å². The van der Waals surface area contributed by atoms with Crippen LogP contribution in [-0.2, 0) is 12.0 Å². The monoisotopic (exact) mass is 312 g/mol. The van der Waals surface area contributed by atoms with Crippen LogP contribution in [0.2, 0.25) is 0 Å². The molecular weight excluding hydrogens is 284 g/mol. The minimum Gasteiger partial charge on any atom is -0.336 e. The molecule has 0 aliphatic carbocycles. The second kappa shape index (κ2) is 7.28. The van der Waals surface area contributed by atoms with E-state index in [2.05, 4.69) is 64.1 Å². The Hall–Kier alpha value is -1.65. The van der Waals surface area contributed by atoms with E-state index >= 15 is 0 Å². The molecule has 0 spiro atoms. The summed E-state index contributed by atoms with van der Waals surface area (Å²) in [6.45, 7) is 6.61. The molecule has 0 unspecified atom stereocenters. The van der Waals surface area contributed by atoms with Crippen molar-refractivity contribution in [3.05, 3.63) is 54.6 Å². The molecule has 1 fully saturated rings. The average Bonchev–Trinajstić information content (AvgIpc) is 3.08. The summed E-state index contributed by atoms with van der Waals surface area (Å²) in [6, 6.07) is 11.5. The van der Waals surface area contributed by atoms with Gasteiger partial charge in [0.2, 0.25) is 0 Å². The van der Waals surface area contributed by atoms with Gasteiger partial charge >= 0.3 is 0 Å². The van der Waals surface area contributed by atoms with Crippen molar-refractivity contribution in [3.8, 4) is 0 Å². The van der Waals surface area contributed by atoms with Gasteiger partial charge in [-0.25, -0.2) is 4.98 Å². The molecule has 1 aliphatic heterocycles. The summed E-state index contributed by atoms with van der Waals surface area (Å²) in [5.74, 6) is 0. The SMILES string of the molecule is C[C@H](Cn1ccnc1)NCC1(c2ccccc2)CCN(C)CC1. The molecule has 0 saturated carbocycles. The molecule has 1 aliphatic rings. The van der Waals surface area contributed by atoms with Crippen LogP contribution in [0.4, 0.5) is 0 Å². The molecule has 1 aromatic carbocycles. The normalized spacial score (nSPS) is 19.6. The van der Waals surface area contributed by atoms with Gasteiger partial charge in [-0.2, -0.15) is 0 Å². The summed E-state index contributed by atoms with van der Waals surface area (Å²) in [5.41, 5.74) is 1.74. The summed E-state index contributed by atoms with van der Waals surface area (Å²) < 4.78 is 2.14. The summed E-state index contributed by atoms with van der Waals surface area (Å²) >= 11 is 0. The zero-order chi connectivity index (χ0) is 16.1. The first-order valence-corrected chi connectivity index (χ1v) is 8.61. The molecule has 4 heteroatoms. The Bertz CT molecular complexity index is 571. The molecule has 1 atom stereocenters. The van der Waals surface area contributed by atoms with E-state index < -0.39 is 0 Å². The van der Waals surface area contributed by atoms with Gasteiger partial charge < -0.3 is 14.8 Å². The van der Waals surface area contributed by atoms with E-state index in [4.69, 9.17) is 0 Å². The lowest BCUT2D eigenvalue weighted by Gasteiger charge is -2.42. The lowest BCUT2D eigenvalue weighted by atomic mass is 9.72. The number of benzene rings is 1. The lowest BCUT2D eigenvalue weighted by Crippen LogP contribution is -2.49. The van der Waals surface area contributed by atoms with E-state index in [-0.39, 0.29) is 5.41 Å². The first-order chi connectivity index (χ1) is 11.2. The number of piperidine rings is 1. The smallest absolute Gasteiger partial charge is 0.0946 e. The molecule has 0 amide bonds. The maximum absolute atomic E-state index is 4.12. The number of imidazole rings is 1. The van der Waals surface area contributed by atoms with Gasteiger partial charge in [0.25, 0.3) is 0 Å². The molecule has 4 nitrogen and oxygen atoms in total. The van der Waals surface area contributed by atoms with Gasteiger partial charge in [0, 0.05) is 36.9 Å². The van der Waals surface area contributed by atoms with Crippen LogP contribution in [0.1, 0.15) is 25.3 Å². The molecule has 1 aromatic heterocycles. The summed E-state index contributed by atoms with van der Waals surface area (Å²) in [6.07, 6.45) is 8.20. The minimum atomic E-state index is 0.261. The van der Waals surface area contributed by atoms with Gasteiger partial charge in [0.1, 0.15) is 0 Å². The zero-order valence-corrected chi connectivity index (χ0v) is 14.3. The average molecular weight is 312 g/mol. The molecular formula is C19H28N4. The first-order valence-electron chi connectivity index (χ1n) is 8.61. The van der Waals surface area contributed by atoms with Gasteiger partial charge in [-0.05, 0) is 45.5 Å². The van der Waals surface area contributed by atoms with Crippen molar-refractivity contribution in [2.75, 3.05) is 26.7 Å². The molecule has 124 valence electrons. The number of nitrogens with zero attached hydrogens (tertiary/aromatic N) is 3. The topological polar surface area (TPSA) is 33.1 Å². The summed E-state index contributed by atoms with van der Waals surface area (Å²) in [5, 5.41) is 3.78. The maximum Gasteiger partial charge on any atom is 0.0946 e. The van der Waals surface area contributed by atoms with Crippen LogP contribution < -0.4 is 5.32 Å². The summed E-state index contributed by atoms with van der Waals surface area (Å²) in [4.78, 5) is 6.57. The van der Waals surface area contributed by atoms with Crippen molar-refractivity contribution < 1.29 is 0 Å². The molecule has 1 N–H and O–H groups in total. The van der Waals surface area contributed by atoms with E-state index in [1.807, 2.05) is 18.7 Å². The van der Waals surface area contributed by atoms with Crippen molar-refractivity contribution in [2.24, 2.45) is 0 Å². The van der Waals surface area contributed by atoms with Crippen molar-refractivity contribution in [3.63, 3.8) is 0 Å². The number of aromatic nitrogens is 2. The van der Waals surface area contributed by atoms with E-state index in [1.165, 1.54) is 31.5 Å². The highest BCUT2D eigenvalue weighted by molar-refractivity contribution is 5.27. The predicted molar refractivity (Wildman–Crippen MR) is 94.5 cm³/mol. The van der Waals surface area contributed by atoms with E-state index in [0.717, 1.165) is 13.1 Å². The highest BCUT2D eigenvalue weighted by atomic mass is 15.1. The van der Waals surface area contributed by atoms with Gasteiger partial charge in [-0.15, -0.1) is 0 Å². The molecule has 23 heavy (non-hydrogen) atoms. The molecule has 0 bridgehead atoms. The third-order valence-electron chi connectivity index (χ3n) is 5.16.